The van der Waals surface area contributed by atoms with Gasteiger partial charge in [-0.1, -0.05) is 18.3 Å². The van der Waals surface area contributed by atoms with Gasteiger partial charge in [0.25, 0.3) is 0 Å². The second-order valence-corrected chi connectivity index (χ2v) is 8.12. The number of carbonyl (C=O) groups is 2. The predicted octanol–water partition coefficient (Wildman–Crippen LogP) is 0.980. The van der Waals surface area contributed by atoms with Crippen LogP contribution in [0, 0.1) is 5.92 Å². The lowest BCUT2D eigenvalue weighted by atomic mass is 10.2. The number of hydrogen-bond acceptors (Lipinski definition) is 6. The Balaban J connectivity index is 1.35. The molecule has 2 aliphatic heterocycles. The maximum Gasteiger partial charge on any atom is 0.414 e. The van der Waals surface area contributed by atoms with E-state index in [0.29, 0.717) is 45.2 Å². The molecule has 4 rings (SSSR count). The first kappa shape index (κ1) is 19.9. The number of carbonyl (C=O) groups excluding carboxylic acids is 2. The highest BCUT2D eigenvalue weighted by Gasteiger charge is 2.34. The van der Waals surface area contributed by atoms with Crippen LogP contribution in [-0.2, 0) is 9.53 Å². The minimum Gasteiger partial charge on any atom is -0.442 e. The number of anilines is 2. The largest absolute Gasteiger partial charge is 0.442 e. The minimum atomic E-state index is -0.450. The van der Waals surface area contributed by atoms with E-state index in [1.54, 1.807) is 9.80 Å². The molecule has 9 heteroatoms. The summed E-state index contributed by atoms with van der Waals surface area (Å²) in [6.45, 7) is 3.09. The van der Waals surface area contributed by atoms with Crippen LogP contribution in [0.2, 0.25) is 0 Å². The van der Waals surface area contributed by atoms with Crippen LogP contribution in [0.25, 0.3) is 0 Å². The Morgan fingerprint density at radius 2 is 1.93 bits per heavy atom. The van der Waals surface area contributed by atoms with Gasteiger partial charge in [0, 0.05) is 43.5 Å². The highest BCUT2D eigenvalue weighted by Crippen LogP contribution is 2.30. The molecule has 2 saturated heterocycles. The maximum atomic E-state index is 12.4. The number of benzene rings is 1. The lowest BCUT2D eigenvalue weighted by Gasteiger charge is -2.36. The van der Waals surface area contributed by atoms with Crippen LogP contribution < -0.4 is 15.1 Å². The molecule has 2 N–H and O–H groups in total. The molecular formula is C20H26N4O4S. The average molecular weight is 419 g/mol. The highest BCUT2D eigenvalue weighted by atomic mass is 32.1. The predicted molar refractivity (Wildman–Crippen MR) is 113 cm³/mol. The topological polar surface area (TPSA) is 85.3 Å². The molecule has 0 unspecified atom stereocenters. The zero-order valence-corrected chi connectivity index (χ0v) is 17.1. The summed E-state index contributed by atoms with van der Waals surface area (Å²) in [6.07, 6.45) is 1.73. The van der Waals surface area contributed by atoms with Gasteiger partial charge in [0.2, 0.25) is 5.91 Å². The summed E-state index contributed by atoms with van der Waals surface area (Å²) >= 11 is 5.34. The summed E-state index contributed by atoms with van der Waals surface area (Å²) in [6, 6.07) is 7.81. The first-order valence-corrected chi connectivity index (χ1v) is 10.5. The van der Waals surface area contributed by atoms with E-state index in [1.807, 2.05) is 24.3 Å². The van der Waals surface area contributed by atoms with E-state index < -0.39 is 6.61 Å². The molecule has 156 valence electrons. The number of piperazine rings is 1. The molecule has 1 aromatic rings. The van der Waals surface area contributed by atoms with Gasteiger partial charge in [0.05, 0.1) is 18.1 Å². The van der Waals surface area contributed by atoms with Gasteiger partial charge >= 0.3 is 6.09 Å². The Bertz CT molecular complexity index is 792. The molecule has 1 atom stereocenters. The van der Waals surface area contributed by atoms with Crippen molar-refractivity contribution in [1.82, 2.24) is 10.2 Å². The van der Waals surface area contributed by atoms with Gasteiger partial charge in [0.1, 0.15) is 12.7 Å². The number of amides is 2. The molecule has 2 heterocycles. The van der Waals surface area contributed by atoms with Crippen molar-refractivity contribution in [3.63, 3.8) is 0 Å². The van der Waals surface area contributed by atoms with E-state index in [1.165, 1.54) is 0 Å². The lowest BCUT2D eigenvalue weighted by molar-refractivity contribution is -0.134. The SMILES string of the molecule is O=C(CO)N1CCN(c2cccc(N3C[C@H](CNC(=S)C4CC4)OC3=O)c2)CC1. The van der Waals surface area contributed by atoms with Crippen molar-refractivity contribution in [3.05, 3.63) is 24.3 Å². The number of aliphatic hydroxyl groups excluding tert-OH is 1. The standard InChI is InChI=1S/C20H26N4O4S/c25-13-18(26)23-8-6-22(7-9-23)15-2-1-3-16(10-15)24-12-17(28-20(24)27)11-21-19(29)14-4-5-14/h1-3,10,14,17,25H,4-9,11-13H2,(H,21,29)/t17-/m0/s1. The van der Waals surface area contributed by atoms with Gasteiger partial charge < -0.3 is 25.0 Å². The normalized spacial score (nSPS) is 21.9. The maximum absolute atomic E-state index is 12.4. The van der Waals surface area contributed by atoms with Gasteiger partial charge in [-0.05, 0) is 31.0 Å². The Kier molecular flexibility index (Phi) is 5.86. The van der Waals surface area contributed by atoms with Gasteiger partial charge in [-0.25, -0.2) is 4.79 Å². The summed E-state index contributed by atoms with van der Waals surface area (Å²) < 4.78 is 5.50. The van der Waals surface area contributed by atoms with Crippen molar-refractivity contribution in [1.29, 1.82) is 0 Å². The number of nitrogens with one attached hydrogen (secondary N) is 1. The Morgan fingerprint density at radius 1 is 1.21 bits per heavy atom. The summed E-state index contributed by atoms with van der Waals surface area (Å²) in [5.41, 5.74) is 1.80. The van der Waals surface area contributed by atoms with Crippen molar-refractivity contribution in [2.45, 2.75) is 18.9 Å². The number of rotatable bonds is 6. The zero-order chi connectivity index (χ0) is 20.4. The molecule has 3 aliphatic rings. The number of hydrogen-bond donors (Lipinski definition) is 2. The molecule has 0 radical (unpaired) electrons. The van der Waals surface area contributed by atoms with Gasteiger partial charge in [-0.3, -0.25) is 9.69 Å². The smallest absolute Gasteiger partial charge is 0.414 e. The molecule has 1 aromatic carbocycles. The fraction of sp³-hybridized carbons (Fsp3) is 0.550. The van der Waals surface area contributed by atoms with Gasteiger partial charge in [0.15, 0.2) is 0 Å². The third kappa shape index (κ3) is 4.62. The fourth-order valence-electron chi connectivity index (χ4n) is 3.71. The van der Waals surface area contributed by atoms with Gasteiger partial charge in [-0.15, -0.1) is 0 Å². The molecule has 8 nitrogen and oxygen atoms in total. The van der Waals surface area contributed by atoms with E-state index in [4.69, 9.17) is 22.1 Å². The van der Waals surface area contributed by atoms with E-state index in [9.17, 15) is 9.59 Å². The second-order valence-electron chi connectivity index (χ2n) is 7.68. The number of thiocarbonyl (C=S) groups is 1. The number of nitrogens with zero attached hydrogens (tertiary/aromatic N) is 3. The van der Waals surface area contributed by atoms with Gasteiger partial charge in [-0.2, -0.15) is 0 Å². The fourth-order valence-corrected chi connectivity index (χ4v) is 4.03. The van der Waals surface area contributed by atoms with Crippen LogP contribution in [0.15, 0.2) is 24.3 Å². The lowest BCUT2D eigenvalue weighted by Crippen LogP contribution is -2.49. The number of cyclic esters (lactones) is 1. The van der Waals surface area contributed by atoms with E-state index >= 15 is 0 Å². The Labute approximate surface area is 175 Å². The van der Waals surface area contributed by atoms with Crippen LogP contribution in [-0.4, -0.2) is 79.0 Å². The molecule has 2 amide bonds. The molecule has 0 aromatic heterocycles. The summed E-state index contributed by atoms with van der Waals surface area (Å²) in [5.74, 6) is 0.266. The van der Waals surface area contributed by atoms with Crippen LogP contribution in [0.4, 0.5) is 16.2 Å². The molecule has 0 bridgehead atoms. The molecule has 3 fully saturated rings. The summed E-state index contributed by atoms with van der Waals surface area (Å²) in [7, 11) is 0. The molecule has 29 heavy (non-hydrogen) atoms. The first-order valence-electron chi connectivity index (χ1n) is 10.0. The molecule has 1 aliphatic carbocycles. The van der Waals surface area contributed by atoms with Crippen molar-refractivity contribution < 1.29 is 19.4 Å². The van der Waals surface area contributed by atoms with E-state index in [-0.39, 0.29) is 18.1 Å². The molecule has 1 saturated carbocycles. The van der Waals surface area contributed by atoms with Crippen LogP contribution in [0.5, 0.6) is 0 Å². The summed E-state index contributed by atoms with van der Waals surface area (Å²) in [4.78, 5) is 30.4. The Hall–Kier alpha value is -2.39. The van der Waals surface area contributed by atoms with Crippen LogP contribution >= 0.6 is 12.2 Å². The second kappa shape index (κ2) is 8.54. The molecular weight excluding hydrogens is 392 g/mol. The zero-order valence-electron chi connectivity index (χ0n) is 16.2. The Morgan fingerprint density at radius 3 is 2.62 bits per heavy atom. The number of ether oxygens (including phenoxy) is 1. The van der Waals surface area contributed by atoms with Crippen LogP contribution in [0.3, 0.4) is 0 Å². The third-order valence-corrected chi connectivity index (χ3v) is 6.08. The van der Waals surface area contributed by atoms with Crippen molar-refractivity contribution in [2.24, 2.45) is 5.92 Å². The minimum absolute atomic E-state index is 0.226. The third-order valence-electron chi connectivity index (χ3n) is 5.60. The van der Waals surface area contributed by atoms with Crippen molar-refractivity contribution in [3.8, 4) is 0 Å². The van der Waals surface area contributed by atoms with Crippen molar-refractivity contribution in [2.75, 3.05) is 55.7 Å². The highest BCUT2D eigenvalue weighted by molar-refractivity contribution is 7.80. The quantitative estimate of drug-likeness (QED) is 0.666. The summed E-state index contributed by atoms with van der Waals surface area (Å²) in [5, 5.41) is 12.2. The first-order chi connectivity index (χ1) is 14.0. The van der Waals surface area contributed by atoms with Crippen LogP contribution in [0.1, 0.15) is 12.8 Å². The monoisotopic (exact) mass is 418 g/mol. The van der Waals surface area contributed by atoms with Crippen molar-refractivity contribution >= 4 is 40.6 Å². The van der Waals surface area contributed by atoms with E-state index in [0.717, 1.165) is 29.2 Å². The molecule has 0 spiro atoms. The average Bonchev–Trinajstić information content (AvgIpc) is 3.54. The van der Waals surface area contributed by atoms with E-state index in [2.05, 4.69) is 10.2 Å². The number of aliphatic hydroxyl groups is 1.